The molecular weight excluding hydrogens is 697 g/mol. The monoisotopic (exact) mass is 724 g/mol. The summed E-state index contributed by atoms with van der Waals surface area (Å²) in [6.07, 6.45) is 0. The molecule has 0 spiro atoms. The van der Waals surface area contributed by atoms with Crippen molar-refractivity contribution in [1.29, 1.82) is 0 Å². The van der Waals surface area contributed by atoms with E-state index in [1.165, 1.54) is 48.7 Å². The third-order valence-corrected chi connectivity index (χ3v) is 12.4. The van der Waals surface area contributed by atoms with E-state index in [9.17, 15) is 0 Å². The molecule has 0 unspecified atom stereocenters. The molecular formula is C52H28N4O. The Morgan fingerprint density at radius 1 is 0.421 bits per heavy atom. The number of fused-ring (bicyclic) bond motifs is 13. The summed E-state index contributed by atoms with van der Waals surface area (Å²) in [6, 6.07) is 60.9. The molecule has 0 fully saturated rings. The van der Waals surface area contributed by atoms with Crippen LogP contribution >= 0.6 is 0 Å². The van der Waals surface area contributed by atoms with Crippen LogP contribution in [0.1, 0.15) is 0 Å². The summed E-state index contributed by atoms with van der Waals surface area (Å²) < 4.78 is 11.9. The molecule has 0 aliphatic carbocycles. The van der Waals surface area contributed by atoms with Gasteiger partial charge in [-0.15, -0.1) is 0 Å². The first-order chi connectivity index (χ1) is 28.3. The zero-order chi connectivity index (χ0) is 36.9. The fourth-order valence-corrected chi connectivity index (χ4v) is 9.96. The molecule has 9 aromatic carbocycles. The Bertz CT molecular complexity index is 4040. The highest BCUT2D eigenvalue weighted by molar-refractivity contribution is 6.35. The lowest BCUT2D eigenvalue weighted by Crippen LogP contribution is -2.04. The van der Waals surface area contributed by atoms with Crippen LogP contribution in [0.4, 0.5) is 0 Å². The van der Waals surface area contributed by atoms with Crippen molar-refractivity contribution >= 4 is 114 Å². The van der Waals surface area contributed by atoms with Crippen LogP contribution in [0.5, 0.6) is 0 Å². The molecule has 0 saturated carbocycles. The third-order valence-electron chi connectivity index (χ3n) is 12.4. The van der Waals surface area contributed by atoms with Gasteiger partial charge < -0.3 is 8.82 Å². The number of hydrogen-bond acceptors (Lipinski definition) is 3. The zero-order valence-electron chi connectivity index (χ0n) is 30.4. The van der Waals surface area contributed by atoms with Crippen molar-refractivity contribution in [1.82, 2.24) is 18.9 Å². The van der Waals surface area contributed by atoms with Crippen LogP contribution in [0.25, 0.3) is 131 Å². The Balaban J connectivity index is 1.29. The van der Waals surface area contributed by atoms with Crippen molar-refractivity contribution in [2.75, 3.05) is 0 Å². The van der Waals surface area contributed by atoms with Gasteiger partial charge in [0.1, 0.15) is 16.8 Å². The van der Waals surface area contributed by atoms with Gasteiger partial charge in [0.05, 0.1) is 33.1 Å². The van der Waals surface area contributed by atoms with E-state index in [1.807, 2.05) is 0 Å². The number of benzene rings is 9. The molecule has 0 amide bonds. The molecule has 5 aromatic heterocycles. The van der Waals surface area contributed by atoms with Crippen LogP contribution in [0, 0.1) is 0 Å². The summed E-state index contributed by atoms with van der Waals surface area (Å²) in [5.41, 5.74) is 10.8. The van der Waals surface area contributed by atoms with Gasteiger partial charge in [-0.25, -0.2) is 9.97 Å². The van der Waals surface area contributed by atoms with Crippen LogP contribution in [-0.2, 0) is 0 Å². The summed E-state index contributed by atoms with van der Waals surface area (Å²) in [7, 11) is 0. The number of aromatic nitrogens is 4. The van der Waals surface area contributed by atoms with Crippen molar-refractivity contribution in [2.45, 2.75) is 0 Å². The smallest absolute Gasteiger partial charge is 0.165 e. The highest BCUT2D eigenvalue weighted by Crippen LogP contribution is 2.49. The summed E-state index contributed by atoms with van der Waals surface area (Å²) in [6.45, 7) is 0. The molecule has 5 heteroatoms. The average Bonchev–Trinajstić information content (AvgIpc) is 3.90. The van der Waals surface area contributed by atoms with E-state index in [1.54, 1.807) is 0 Å². The predicted octanol–water partition coefficient (Wildman–Crippen LogP) is 13.7. The fraction of sp³-hybridized carbons (Fsp3) is 0. The molecule has 57 heavy (non-hydrogen) atoms. The van der Waals surface area contributed by atoms with Gasteiger partial charge in [0.15, 0.2) is 11.4 Å². The second-order valence-electron chi connectivity index (χ2n) is 15.3. The third kappa shape index (κ3) is 3.73. The van der Waals surface area contributed by atoms with Crippen LogP contribution in [0.3, 0.4) is 0 Å². The Hall–Kier alpha value is -7.76. The minimum absolute atomic E-state index is 0.766. The molecule has 0 aliphatic rings. The lowest BCUT2D eigenvalue weighted by Gasteiger charge is -2.15. The molecule has 5 nitrogen and oxygen atoms in total. The first kappa shape index (κ1) is 29.6. The van der Waals surface area contributed by atoms with Crippen LogP contribution in [0.15, 0.2) is 174 Å². The van der Waals surface area contributed by atoms with Crippen LogP contribution in [0.2, 0.25) is 0 Å². The van der Waals surface area contributed by atoms with Gasteiger partial charge in [-0.2, -0.15) is 0 Å². The fourth-order valence-electron chi connectivity index (χ4n) is 9.96. The Morgan fingerprint density at radius 2 is 1.12 bits per heavy atom. The van der Waals surface area contributed by atoms with Crippen molar-refractivity contribution in [3.63, 3.8) is 0 Å². The molecule has 0 N–H and O–H groups in total. The SMILES string of the molecule is c1ccc(-c2nc3c(ccc4ccccc43)nc2-n2c3cccc4c5cccc6c7cc8ccccc8cc7n(c7cc8c9ccccc9oc8c2c7c43)c56)cc1. The highest BCUT2D eigenvalue weighted by atomic mass is 16.3. The van der Waals surface area contributed by atoms with E-state index < -0.39 is 0 Å². The van der Waals surface area contributed by atoms with Gasteiger partial charge in [0.2, 0.25) is 0 Å². The zero-order valence-corrected chi connectivity index (χ0v) is 30.4. The van der Waals surface area contributed by atoms with Crippen molar-refractivity contribution in [3.8, 4) is 17.1 Å². The average molecular weight is 725 g/mol. The molecule has 0 atom stereocenters. The molecule has 5 heterocycles. The van der Waals surface area contributed by atoms with Crippen LogP contribution < -0.4 is 0 Å². The quantitative estimate of drug-likeness (QED) is 0.167. The highest BCUT2D eigenvalue weighted by Gasteiger charge is 2.28. The maximum Gasteiger partial charge on any atom is 0.165 e. The topological polar surface area (TPSA) is 48.3 Å². The minimum Gasteiger partial charge on any atom is -0.454 e. The lowest BCUT2D eigenvalue weighted by molar-refractivity contribution is 0.671. The summed E-state index contributed by atoms with van der Waals surface area (Å²) in [5, 5.41) is 14.0. The normalized spacial score (nSPS) is 12.6. The van der Waals surface area contributed by atoms with E-state index in [0.29, 0.717) is 0 Å². The van der Waals surface area contributed by atoms with Crippen LogP contribution in [-0.4, -0.2) is 18.9 Å². The van der Waals surface area contributed by atoms with E-state index in [-0.39, 0.29) is 0 Å². The number of rotatable bonds is 2. The summed E-state index contributed by atoms with van der Waals surface area (Å²) in [4.78, 5) is 11.2. The summed E-state index contributed by atoms with van der Waals surface area (Å²) >= 11 is 0. The first-order valence-corrected chi connectivity index (χ1v) is 19.4. The molecule has 14 rings (SSSR count). The molecule has 0 saturated heterocycles. The van der Waals surface area contributed by atoms with E-state index in [0.717, 1.165) is 82.8 Å². The molecule has 0 radical (unpaired) electrons. The van der Waals surface area contributed by atoms with Gasteiger partial charge in [0, 0.05) is 48.7 Å². The Kier molecular flexibility index (Phi) is 5.45. The van der Waals surface area contributed by atoms with Gasteiger partial charge >= 0.3 is 0 Å². The number of nitrogens with zero attached hydrogens (tertiary/aromatic N) is 4. The van der Waals surface area contributed by atoms with Crippen molar-refractivity contribution in [2.24, 2.45) is 0 Å². The molecule has 0 aliphatic heterocycles. The van der Waals surface area contributed by atoms with E-state index in [4.69, 9.17) is 14.4 Å². The summed E-state index contributed by atoms with van der Waals surface area (Å²) in [5.74, 6) is 0.766. The predicted molar refractivity (Wildman–Crippen MR) is 236 cm³/mol. The largest absolute Gasteiger partial charge is 0.454 e. The standard InChI is InChI=1S/C52H28N4O/c1-2-13-30(14-3-1)47-52(53-40-25-24-29-12-6-7-17-33(29)48(40)54-47)56-41-22-11-19-35-36-20-10-21-37-38-26-31-15-4-5-16-32(31)27-42(38)55(49(36)37)43-28-39-34-18-8-9-23-44(34)57-51(39)50(56)46(43)45(35)41/h1-28H. The number of hydrogen-bond donors (Lipinski definition) is 0. The van der Waals surface area contributed by atoms with Gasteiger partial charge in [-0.1, -0.05) is 133 Å². The molecule has 14 aromatic rings. The van der Waals surface area contributed by atoms with Crippen molar-refractivity contribution < 1.29 is 4.42 Å². The number of furan rings is 1. The lowest BCUT2D eigenvalue weighted by atomic mass is 10.0. The van der Waals surface area contributed by atoms with E-state index >= 15 is 0 Å². The van der Waals surface area contributed by atoms with Gasteiger partial charge in [-0.05, 0) is 57.9 Å². The second kappa shape index (κ2) is 10.5. The maximum absolute atomic E-state index is 7.01. The Labute approximate surface area is 323 Å². The molecule has 262 valence electrons. The van der Waals surface area contributed by atoms with Gasteiger partial charge in [0.25, 0.3) is 0 Å². The van der Waals surface area contributed by atoms with E-state index in [2.05, 4.69) is 179 Å². The maximum atomic E-state index is 7.01. The first-order valence-electron chi connectivity index (χ1n) is 19.4. The minimum atomic E-state index is 0.766. The second-order valence-corrected chi connectivity index (χ2v) is 15.3. The Morgan fingerprint density at radius 3 is 2.00 bits per heavy atom. The number of para-hydroxylation sites is 2. The van der Waals surface area contributed by atoms with Gasteiger partial charge in [-0.3, -0.25) is 4.57 Å². The molecule has 0 bridgehead atoms. The van der Waals surface area contributed by atoms with Crippen molar-refractivity contribution in [3.05, 3.63) is 170 Å².